The fourth-order valence-electron chi connectivity index (χ4n) is 2.40. The minimum atomic E-state index is -0.648. The van der Waals surface area contributed by atoms with Gasteiger partial charge in [0.2, 0.25) is 5.91 Å². The number of phenols is 1. The lowest BCUT2D eigenvalue weighted by atomic mass is 10.0. The Morgan fingerprint density at radius 1 is 1.08 bits per heavy atom. The summed E-state index contributed by atoms with van der Waals surface area (Å²) in [6.07, 6.45) is 0.396. The molecule has 2 aromatic carbocycles. The van der Waals surface area contributed by atoms with Gasteiger partial charge in [-0.2, -0.15) is 0 Å². The zero-order valence-corrected chi connectivity index (χ0v) is 13.5. The molecule has 2 aromatic rings. The van der Waals surface area contributed by atoms with Crippen LogP contribution in [0.2, 0.25) is 0 Å². The number of hydrogen-bond acceptors (Lipinski definition) is 4. The highest BCUT2D eigenvalue weighted by Gasteiger charge is 2.17. The molecule has 0 atom stereocenters. The van der Waals surface area contributed by atoms with E-state index in [2.05, 4.69) is 0 Å². The molecule has 25 heavy (non-hydrogen) atoms. The first-order valence-electron chi connectivity index (χ1n) is 7.78. The van der Waals surface area contributed by atoms with Crippen LogP contribution in [0, 0.1) is 5.82 Å². The van der Waals surface area contributed by atoms with E-state index in [1.54, 1.807) is 0 Å². The second-order valence-electron chi connectivity index (χ2n) is 5.51. The monoisotopic (exact) mass is 343 g/mol. The molecule has 0 heterocycles. The van der Waals surface area contributed by atoms with Gasteiger partial charge in [0.25, 0.3) is 0 Å². The first-order valence-corrected chi connectivity index (χ1v) is 7.78. The van der Waals surface area contributed by atoms with E-state index in [1.807, 2.05) is 30.3 Å². The molecule has 0 aromatic heterocycles. The summed E-state index contributed by atoms with van der Waals surface area (Å²) >= 11 is 0. The van der Waals surface area contributed by atoms with Crippen molar-refractivity contribution in [3.05, 3.63) is 65.5 Å². The number of phenolic OH excluding ortho intramolecular Hbond substituents is 1. The van der Waals surface area contributed by atoms with Crippen LogP contribution in [-0.2, 0) is 16.1 Å². The van der Waals surface area contributed by atoms with Crippen LogP contribution in [-0.4, -0.2) is 34.5 Å². The number of benzene rings is 2. The molecule has 0 aliphatic rings. The van der Waals surface area contributed by atoms with E-state index >= 15 is 0 Å². The fourth-order valence-corrected chi connectivity index (χ4v) is 2.40. The fraction of sp³-hybridized carbons (Fsp3) is 0.211. The van der Waals surface area contributed by atoms with Crippen LogP contribution in [0.25, 0.3) is 0 Å². The topological polar surface area (TPSA) is 74.7 Å². The molecule has 130 valence electrons. The molecule has 1 amide bonds. The summed E-state index contributed by atoms with van der Waals surface area (Å²) in [6, 6.07) is 12.3. The van der Waals surface area contributed by atoms with Crippen molar-refractivity contribution < 1.29 is 23.9 Å². The van der Waals surface area contributed by atoms with Gasteiger partial charge in [-0.25, -0.2) is 4.39 Å². The zero-order valence-electron chi connectivity index (χ0n) is 13.5. The van der Waals surface area contributed by atoms with Crippen molar-refractivity contribution in [1.29, 1.82) is 0 Å². The van der Waals surface area contributed by atoms with Crippen molar-refractivity contribution in [2.45, 2.75) is 19.4 Å². The van der Waals surface area contributed by atoms with Crippen molar-refractivity contribution in [3.63, 3.8) is 0 Å². The average Bonchev–Trinajstić information content (AvgIpc) is 2.60. The molecule has 0 fully saturated rings. The number of aldehydes is 1. The second kappa shape index (κ2) is 8.73. The van der Waals surface area contributed by atoms with Gasteiger partial charge in [-0.15, -0.1) is 0 Å². The lowest BCUT2D eigenvalue weighted by molar-refractivity contribution is -0.133. The molecule has 0 saturated carbocycles. The maximum Gasteiger partial charge on any atom is 0.223 e. The summed E-state index contributed by atoms with van der Waals surface area (Å²) in [4.78, 5) is 36.6. The number of carbonyl (C=O) groups is 3. The van der Waals surface area contributed by atoms with Crippen molar-refractivity contribution in [3.8, 4) is 5.75 Å². The van der Waals surface area contributed by atoms with Gasteiger partial charge >= 0.3 is 0 Å². The van der Waals surface area contributed by atoms with E-state index in [1.165, 1.54) is 11.0 Å². The summed E-state index contributed by atoms with van der Waals surface area (Å²) in [7, 11) is 0. The zero-order chi connectivity index (χ0) is 18.2. The molecule has 6 heteroatoms. The smallest absolute Gasteiger partial charge is 0.223 e. The van der Waals surface area contributed by atoms with Crippen LogP contribution in [0.5, 0.6) is 5.75 Å². The van der Waals surface area contributed by atoms with Crippen molar-refractivity contribution >= 4 is 18.0 Å². The third-order valence-electron chi connectivity index (χ3n) is 3.69. The van der Waals surface area contributed by atoms with Gasteiger partial charge in [-0.3, -0.25) is 9.59 Å². The third kappa shape index (κ3) is 5.24. The van der Waals surface area contributed by atoms with E-state index < -0.39 is 17.3 Å². The molecule has 5 nitrogen and oxygen atoms in total. The maximum absolute atomic E-state index is 13.0. The molecule has 0 saturated heterocycles. The van der Waals surface area contributed by atoms with Crippen LogP contribution in [0.1, 0.15) is 28.8 Å². The predicted octanol–water partition coefficient (Wildman–Crippen LogP) is 2.72. The van der Waals surface area contributed by atoms with Crippen LogP contribution >= 0.6 is 0 Å². The molecule has 0 unspecified atom stereocenters. The summed E-state index contributed by atoms with van der Waals surface area (Å²) < 4.78 is 13.0. The Labute approximate surface area is 144 Å². The summed E-state index contributed by atoms with van der Waals surface area (Å²) in [6.45, 7) is 0.206. The maximum atomic E-state index is 13.0. The highest BCUT2D eigenvalue weighted by Crippen LogP contribution is 2.20. The molecule has 0 aliphatic carbocycles. The predicted molar refractivity (Wildman–Crippen MR) is 89.6 cm³/mol. The highest BCUT2D eigenvalue weighted by molar-refractivity contribution is 6.00. The van der Waals surface area contributed by atoms with E-state index in [9.17, 15) is 23.9 Å². The largest absolute Gasteiger partial charge is 0.507 e. The van der Waals surface area contributed by atoms with Crippen molar-refractivity contribution in [1.82, 2.24) is 4.90 Å². The Balaban J connectivity index is 1.98. The number of nitrogens with zero attached hydrogens (tertiary/aromatic N) is 1. The summed E-state index contributed by atoms with van der Waals surface area (Å²) in [5, 5.41) is 9.61. The number of Topliss-reactive ketones (excluding diaryl/α,β-unsaturated/α-hetero) is 1. The first-order chi connectivity index (χ1) is 12.0. The first kappa shape index (κ1) is 18.3. The van der Waals surface area contributed by atoms with Crippen molar-refractivity contribution in [2.75, 3.05) is 6.54 Å². The number of hydrogen-bond donors (Lipinski definition) is 1. The number of rotatable bonds is 8. The van der Waals surface area contributed by atoms with E-state index in [0.29, 0.717) is 6.29 Å². The number of aromatic hydroxyl groups is 1. The Morgan fingerprint density at radius 2 is 1.80 bits per heavy atom. The Bertz CT molecular complexity index is 761. The van der Waals surface area contributed by atoms with Crippen LogP contribution in [0.4, 0.5) is 4.39 Å². The van der Waals surface area contributed by atoms with E-state index in [4.69, 9.17) is 0 Å². The van der Waals surface area contributed by atoms with E-state index in [0.717, 1.165) is 17.7 Å². The van der Waals surface area contributed by atoms with Gasteiger partial charge in [0.05, 0.1) is 12.1 Å². The Kier molecular flexibility index (Phi) is 6.39. The van der Waals surface area contributed by atoms with E-state index in [-0.39, 0.29) is 37.4 Å². The Morgan fingerprint density at radius 3 is 2.44 bits per heavy atom. The standard InChI is InChI=1S/C19H18FNO4/c20-15-6-7-16(18(24)12-15)17(23)8-9-19(25)21(10-11-22)13-14-4-2-1-3-5-14/h1-7,11-12,24H,8-10,13H2. The summed E-state index contributed by atoms with van der Waals surface area (Å²) in [5.74, 6) is -1.90. The van der Waals surface area contributed by atoms with Crippen LogP contribution < -0.4 is 0 Å². The van der Waals surface area contributed by atoms with Crippen LogP contribution in [0.3, 0.4) is 0 Å². The molecule has 0 bridgehead atoms. The van der Waals surface area contributed by atoms with Gasteiger partial charge in [-0.1, -0.05) is 30.3 Å². The number of carbonyl (C=O) groups excluding carboxylic acids is 3. The molecule has 1 N–H and O–H groups in total. The molecule has 2 rings (SSSR count). The molecular weight excluding hydrogens is 325 g/mol. The molecular formula is C19H18FNO4. The summed E-state index contributed by atoms with van der Waals surface area (Å²) in [5.41, 5.74) is 0.847. The van der Waals surface area contributed by atoms with Gasteiger partial charge < -0.3 is 14.8 Å². The minimum Gasteiger partial charge on any atom is -0.507 e. The average molecular weight is 343 g/mol. The van der Waals surface area contributed by atoms with Gasteiger partial charge in [-0.05, 0) is 17.7 Å². The van der Waals surface area contributed by atoms with Crippen LogP contribution in [0.15, 0.2) is 48.5 Å². The lowest BCUT2D eigenvalue weighted by Crippen LogP contribution is -2.32. The SMILES string of the molecule is O=CCN(Cc1ccccc1)C(=O)CCC(=O)c1ccc(F)cc1O. The second-order valence-corrected chi connectivity index (χ2v) is 5.51. The molecule has 0 aliphatic heterocycles. The Hall–Kier alpha value is -3.02. The molecule has 0 radical (unpaired) electrons. The third-order valence-corrected chi connectivity index (χ3v) is 3.69. The highest BCUT2D eigenvalue weighted by atomic mass is 19.1. The van der Waals surface area contributed by atoms with Gasteiger partial charge in [0.15, 0.2) is 5.78 Å². The normalized spacial score (nSPS) is 10.3. The number of halogens is 1. The quantitative estimate of drug-likeness (QED) is 0.591. The lowest BCUT2D eigenvalue weighted by Gasteiger charge is -2.20. The molecule has 0 spiro atoms. The van der Waals surface area contributed by atoms with Crippen molar-refractivity contribution in [2.24, 2.45) is 0 Å². The number of ketones is 1. The number of amides is 1. The minimum absolute atomic E-state index is 0.0285. The van der Waals surface area contributed by atoms with Gasteiger partial charge in [0.1, 0.15) is 17.9 Å². The van der Waals surface area contributed by atoms with Gasteiger partial charge in [0, 0.05) is 25.5 Å².